The zero-order valence-corrected chi connectivity index (χ0v) is 14.4. The van der Waals surface area contributed by atoms with Gasteiger partial charge >= 0.3 is 0 Å². The van der Waals surface area contributed by atoms with Crippen molar-refractivity contribution in [3.05, 3.63) is 50.9 Å². The molecule has 0 N–H and O–H groups in total. The van der Waals surface area contributed by atoms with Crippen molar-refractivity contribution in [2.75, 3.05) is 18.6 Å². The number of hydrazine groups is 1. The Morgan fingerprint density at radius 3 is 3.04 bits per heavy atom. The van der Waals surface area contributed by atoms with Crippen LogP contribution in [0.1, 0.15) is 20.9 Å². The predicted molar refractivity (Wildman–Crippen MR) is 92.4 cm³/mol. The lowest BCUT2D eigenvalue weighted by atomic mass is 10.2. The Hall–Kier alpha value is -2.05. The first-order valence-electron chi connectivity index (χ1n) is 7.32. The highest BCUT2D eigenvalue weighted by molar-refractivity contribution is 7.10. The van der Waals surface area contributed by atoms with Gasteiger partial charge in [0.25, 0.3) is 5.91 Å². The maximum atomic E-state index is 12.9. The van der Waals surface area contributed by atoms with Crippen LogP contribution in [0.3, 0.4) is 0 Å². The minimum Gasteiger partial charge on any atom is -0.284 e. The zero-order valence-electron chi connectivity index (χ0n) is 12.8. The van der Waals surface area contributed by atoms with E-state index in [1.54, 1.807) is 39.2 Å². The number of fused-ring (bicyclic) bond motifs is 2. The first kappa shape index (κ1) is 14.5. The minimum atomic E-state index is -0.0939. The number of halogens is 1. The molecule has 0 fully saturated rings. The van der Waals surface area contributed by atoms with E-state index in [0.717, 1.165) is 17.6 Å². The fourth-order valence-electron chi connectivity index (χ4n) is 3.02. The topological polar surface area (TPSA) is 40.9 Å². The maximum absolute atomic E-state index is 12.9. The van der Waals surface area contributed by atoms with Gasteiger partial charge in [0, 0.05) is 31.1 Å². The summed E-state index contributed by atoms with van der Waals surface area (Å²) < 4.78 is 1.64. The number of aromatic nitrogens is 2. The van der Waals surface area contributed by atoms with Crippen molar-refractivity contribution in [3.8, 4) is 0 Å². The van der Waals surface area contributed by atoms with Crippen LogP contribution in [0.4, 0.5) is 5.69 Å². The van der Waals surface area contributed by atoms with Crippen LogP contribution in [-0.2, 0) is 6.42 Å². The molecule has 0 aromatic carbocycles. The Balaban J connectivity index is 1.69. The molecule has 0 radical (unpaired) electrons. The predicted octanol–water partition coefficient (Wildman–Crippen LogP) is 3.41. The number of nitrogens with zero attached hydrogens (tertiary/aromatic N) is 4. The molecule has 5 nitrogen and oxygen atoms in total. The summed E-state index contributed by atoms with van der Waals surface area (Å²) in [6.07, 6.45) is 2.58. The molecule has 4 rings (SSSR count). The Kier molecular flexibility index (Phi) is 3.32. The molecule has 0 spiro atoms. The number of thiophene rings is 1. The summed E-state index contributed by atoms with van der Waals surface area (Å²) in [5, 5.41) is 10.8. The smallest absolute Gasteiger partial charge is 0.284 e. The molecule has 1 amide bonds. The summed E-state index contributed by atoms with van der Waals surface area (Å²) in [7, 11) is 1.93. The highest BCUT2D eigenvalue weighted by atomic mass is 35.5. The lowest BCUT2D eigenvalue weighted by Gasteiger charge is -2.37. The van der Waals surface area contributed by atoms with Crippen molar-refractivity contribution in [2.24, 2.45) is 0 Å². The third kappa shape index (κ3) is 2.29. The van der Waals surface area contributed by atoms with Gasteiger partial charge in [-0.05, 0) is 36.1 Å². The summed E-state index contributed by atoms with van der Waals surface area (Å²) in [5.74, 6) is -0.0939. The fraction of sp³-hybridized carbons (Fsp3) is 0.250. The molecule has 7 heteroatoms. The summed E-state index contributed by atoms with van der Waals surface area (Å²) >= 11 is 7.73. The number of rotatable bonds is 1. The number of anilines is 1. The van der Waals surface area contributed by atoms with Crippen LogP contribution in [-0.4, -0.2) is 34.1 Å². The molecular formula is C16H15ClN4OS. The Labute approximate surface area is 142 Å². The number of pyridine rings is 1. The largest absolute Gasteiger partial charge is 0.292 e. The zero-order chi connectivity index (χ0) is 16.1. The number of carbonyl (C=O) groups is 1. The molecule has 3 aromatic heterocycles. The Morgan fingerprint density at radius 1 is 1.39 bits per heavy atom. The number of hydrogen-bond donors (Lipinski definition) is 0. The van der Waals surface area contributed by atoms with Gasteiger partial charge in [-0.3, -0.25) is 9.80 Å². The van der Waals surface area contributed by atoms with Gasteiger partial charge < -0.3 is 0 Å². The monoisotopic (exact) mass is 346 g/mol. The van der Waals surface area contributed by atoms with Crippen LogP contribution in [0.15, 0.2) is 29.8 Å². The molecule has 118 valence electrons. The lowest BCUT2D eigenvalue weighted by molar-refractivity contribution is 0.0733. The Bertz CT molecular complexity index is 916. The lowest BCUT2D eigenvalue weighted by Crippen LogP contribution is -2.48. The van der Waals surface area contributed by atoms with E-state index < -0.39 is 0 Å². The van der Waals surface area contributed by atoms with Crippen molar-refractivity contribution in [3.63, 3.8) is 0 Å². The second-order valence-corrected chi connectivity index (χ2v) is 7.04. The highest BCUT2D eigenvalue weighted by Gasteiger charge is 2.29. The maximum Gasteiger partial charge on any atom is 0.292 e. The van der Waals surface area contributed by atoms with Gasteiger partial charge in [0.05, 0.1) is 16.2 Å². The molecule has 0 unspecified atom stereocenters. The number of carbonyl (C=O) groups excluding carboxylic acids is 1. The van der Waals surface area contributed by atoms with Crippen LogP contribution < -0.4 is 5.01 Å². The summed E-state index contributed by atoms with van der Waals surface area (Å²) in [4.78, 5) is 14.2. The molecular weight excluding hydrogens is 332 g/mol. The molecule has 0 saturated carbocycles. The molecule has 0 aliphatic carbocycles. The van der Waals surface area contributed by atoms with Gasteiger partial charge in [-0.15, -0.1) is 11.3 Å². The molecule has 0 atom stereocenters. The van der Waals surface area contributed by atoms with Gasteiger partial charge in [-0.25, -0.2) is 9.52 Å². The number of hydrogen-bond acceptors (Lipinski definition) is 4. The molecule has 1 aliphatic rings. The van der Waals surface area contributed by atoms with E-state index in [1.807, 2.05) is 18.1 Å². The normalized spacial score (nSPS) is 14.4. The SMILES string of the molecule is Cc1csc2c1N(C)N(C(=O)c1cc3ccc(Cl)cn3n1)CC2. The summed E-state index contributed by atoms with van der Waals surface area (Å²) in [6.45, 7) is 2.74. The van der Waals surface area contributed by atoms with Crippen molar-refractivity contribution in [2.45, 2.75) is 13.3 Å². The van der Waals surface area contributed by atoms with E-state index in [2.05, 4.69) is 17.4 Å². The standard InChI is InChI=1S/C16H15ClN4OS/c1-10-9-23-14-5-6-21(19(2)15(10)14)16(22)13-7-12-4-3-11(17)8-20(12)18-13/h3-4,7-9H,5-6H2,1-2H3. The molecule has 4 heterocycles. The van der Waals surface area contributed by atoms with Gasteiger partial charge in [-0.1, -0.05) is 11.6 Å². The second-order valence-electron chi connectivity index (χ2n) is 5.64. The van der Waals surface area contributed by atoms with Crippen LogP contribution in [0.5, 0.6) is 0 Å². The summed E-state index contributed by atoms with van der Waals surface area (Å²) in [6, 6.07) is 5.44. The first-order chi connectivity index (χ1) is 11.0. The summed E-state index contributed by atoms with van der Waals surface area (Å²) in [5.41, 5.74) is 3.62. The van der Waals surface area contributed by atoms with E-state index >= 15 is 0 Å². The van der Waals surface area contributed by atoms with Gasteiger partial charge in [0.15, 0.2) is 5.69 Å². The quantitative estimate of drug-likeness (QED) is 0.678. The highest BCUT2D eigenvalue weighted by Crippen LogP contribution is 2.35. The average Bonchev–Trinajstić information content (AvgIpc) is 3.11. The molecule has 0 bridgehead atoms. The van der Waals surface area contributed by atoms with Crippen molar-refractivity contribution < 1.29 is 4.79 Å². The van der Waals surface area contributed by atoms with E-state index in [4.69, 9.17) is 11.6 Å². The number of aryl methyl sites for hydroxylation is 1. The second kappa shape index (κ2) is 5.25. The van der Waals surface area contributed by atoms with Crippen molar-refractivity contribution >= 4 is 40.0 Å². The van der Waals surface area contributed by atoms with Gasteiger partial charge in [0.2, 0.25) is 0 Å². The van der Waals surface area contributed by atoms with E-state index in [0.29, 0.717) is 17.3 Å². The van der Waals surface area contributed by atoms with E-state index in [9.17, 15) is 4.79 Å². The molecule has 1 aliphatic heterocycles. The van der Waals surface area contributed by atoms with Crippen molar-refractivity contribution in [1.29, 1.82) is 0 Å². The first-order valence-corrected chi connectivity index (χ1v) is 8.58. The van der Waals surface area contributed by atoms with Crippen LogP contribution in [0, 0.1) is 6.92 Å². The average molecular weight is 347 g/mol. The molecule has 3 aromatic rings. The third-order valence-electron chi connectivity index (χ3n) is 4.13. The van der Waals surface area contributed by atoms with Gasteiger partial charge in [0.1, 0.15) is 0 Å². The van der Waals surface area contributed by atoms with Crippen LogP contribution in [0.2, 0.25) is 5.02 Å². The van der Waals surface area contributed by atoms with Crippen LogP contribution >= 0.6 is 22.9 Å². The third-order valence-corrected chi connectivity index (χ3v) is 5.51. The Morgan fingerprint density at radius 2 is 2.22 bits per heavy atom. The van der Waals surface area contributed by atoms with Crippen LogP contribution in [0.25, 0.3) is 5.52 Å². The van der Waals surface area contributed by atoms with E-state index in [1.165, 1.54) is 10.4 Å². The van der Waals surface area contributed by atoms with Gasteiger partial charge in [-0.2, -0.15) is 5.10 Å². The minimum absolute atomic E-state index is 0.0939. The molecule has 23 heavy (non-hydrogen) atoms. The number of amides is 1. The fourth-order valence-corrected chi connectivity index (χ4v) is 4.22. The molecule has 0 saturated heterocycles. The van der Waals surface area contributed by atoms with Crippen molar-refractivity contribution in [1.82, 2.24) is 14.6 Å². The van der Waals surface area contributed by atoms with E-state index in [-0.39, 0.29) is 5.91 Å².